The van der Waals surface area contributed by atoms with Gasteiger partial charge >= 0.3 is 5.69 Å². The van der Waals surface area contributed by atoms with Gasteiger partial charge in [0.2, 0.25) is 11.8 Å². The molecule has 1 aromatic carbocycles. The predicted molar refractivity (Wildman–Crippen MR) is 77.7 cm³/mol. The van der Waals surface area contributed by atoms with Crippen molar-refractivity contribution >= 4 is 34.7 Å². The van der Waals surface area contributed by atoms with Crippen LogP contribution in [0.4, 0.5) is 27.5 Å². The Morgan fingerprint density at radius 1 is 1.33 bits per heavy atom. The summed E-state index contributed by atoms with van der Waals surface area (Å²) in [6.07, 6.45) is 0. The first-order chi connectivity index (χ1) is 9.90. The molecule has 0 bridgehead atoms. The molecule has 2 aromatic rings. The van der Waals surface area contributed by atoms with E-state index in [1.54, 1.807) is 7.05 Å². The van der Waals surface area contributed by atoms with Crippen molar-refractivity contribution in [2.24, 2.45) is 0 Å². The fourth-order valence-electron chi connectivity index (χ4n) is 1.75. The van der Waals surface area contributed by atoms with E-state index in [1.807, 2.05) is 0 Å². The molecule has 0 spiro atoms. The molecule has 0 atom stereocenters. The van der Waals surface area contributed by atoms with E-state index in [4.69, 9.17) is 11.6 Å². The first-order valence-electron chi connectivity index (χ1n) is 5.84. The van der Waals surface area contributed by atoms with Crippen LogP contribution < -0.4 is 10.6 Å². The summed E-state index contributed by atoms with van der Waals surface area (Å²) < 4.78 is 13.3. The Balaban J connectivity index is 2.51. The van der Waals surface area contributed by atoms with Crippen molar-refractivity contribution in [3.05, 3.63) is 44.8 Å². The maximum absolute atomic E-state index is 13.3. The molecule has 0 saturated heterocycles. The molecule has 0 aliphatic rings. The summed E-state index contributed by atoms with van der Waals surface area (Å²) >= 11 is 5.75. The number of benzene rings is 1. The van der Waals surface area contributed by atoms with E-state index < -0.39 is 10.7 Å². The van der Waals surface area contributed by atoms with Crippen molar-refractivity contribution in [3.63, 3.8) is 0 Å². The molecule has 1 heterocycles. The number of aryl methyl sites for hydroxylation is 1. The second kappa shape index (κ2) is 5.88. The van der Waals surface area contributed by atoms with Crippen LogP contribution >= 0.6 is 11.6 Å². The topological polar surface area (TPSA) is 93.0 Å². The zero-order valence-electron chi connectivity index (χ0n) is 11.1. The molecule has 1 aromatic heterocycles. The lowest BCUT2D eigenvalue weighted by atomic mass is 10.3. The second-order valence-corrected chi connectivity index (χ2v) is 4.56. The molecular weight excluding hydrogens is 301 g/mol. The monoisotopic (exact) mass is 311 g/mol. The summed E-state index contributed by atoms with van der Waals surface area (Å²) in [5.74, 6) is -0.395. The van der Waals surface area contributed by atoms with Crippen LogP contribution in [-0.2, 0) is 0 Å². The Bertz CT molecular complexity index is 690. The normalized spacial score (nSPS) is 10.3. The molecule has 0 radical (unpaired) electrons. The Kier molecular flexibility index (Phi) is 4.18. The molecule has 0 saturated carbocycles. The Labute approximate surface area is 124 Å². The summed E-state index contributed by atoms with van der Waals surface area (Å²) in [4.78, 5) is 18.5. The molecule has 9 heteroatoms. The van der Waals surface area contributed by atoms with Crippen LogP contribution in [0.2, 0.25) is 5.02 Å². The molecule has 2 N–H and O–H groups in total. The molecule has 0 aliphatic heterocycles. The van der Waals surface area contributed by atoms with E-state index in [2.05, 4.69) is 20.6 Å². The molecule has 110 valence electrons. The number of rotatable bonds is 4. The van der Waals surface area contributed by atoms with E-state index in [-0.39, 0.29) is 33.9 Å². The third kappa shape index (κ3) is 3.34. The summed E-state index contributed by atoms with van der Waals surface area (Å²) in [6, 6.07) is 3.72. The van der Waals surface area contributed by atoms with Crippen LogP contribution in [0.15, 0.2) is 18.2 Å². The number of aromatic nitrogens is 2. The summed E-state index contributed by atoms with van der Waals surface area (Å²) in [5, 5.41) is 16.7. The van der Waals surface area contributed by atoms with Crippen molar-refractivity contribution in [3.8, 4) is 0 Å². The minimum atomic E-state index is -0.599. The highest BCUT2D eigenvalue weighted by Crippen LogP contribution is 2.30. The van der Waals surface area contributed by atoms with E-state index in [1.165, 1.54) is 13.0 Å². The number of hydrogen-bond donors (Lipinski definition) is 2. The fraction of sp³-hybridized carbons (Fsp3) is 0.167. The van der Waals surface area contributed by atoms with Gasteiger partial charge in [0.05, 0.1) is 4.92 Å². The van der Waals surface area contributed by atoms with Gasteiger partial charge in [-0.3, -0.25) is 10.1 Å². The summed E-state index contributed by atoms with van der Waals surface area (Å²) in [6.45, 7) is 1.49. The van der Waals surface area contributed by atoms with Crippen LogP contribution in [0.5, 0.6) is 0 Å². The first-order valence-corrected chi connectivity index (χ1v) is 6.22. The highest BCUT2D eigenvalue weighted by molar-refractivity contribution is 6.30. The van der Waals surface area contributed by atoms with Crippen molar-refractivity contribution in [2.75, 3.05) is 17.7 Å². The number of halogens is 2. The molecule has 0 fully saturated rings. The van der Waals surface area contributed by atoms with Gasteiger partial charge in [0.1, 0.15) is 11.5 Å². The number of anilines is 3. The van der Waals surface area contributed by atoms with Crippen LogP contribution in [0.3, 0.4) is 0 Å². The minimum Gasteiger partial charge on any atom is -0.357 e. The van der Waals surface area contributed by atoms with Gasteiger partial charge < -0.3 is 10.6 Å². The molecule has 0 aliphatic carbocycles. The zero-order valence-corrected chi connectivity index (χ0v) is 11.9. The van der Waals surface area contributed by atoms with Gasteiger partial charge in [0.25, 0.3) is 0 Å². The lowest BCUT2D eigenvalue weighted by Gasteiger charge is -2.09. The van der Waals surface area contributed by atoms with E-state index in [0.717, 1.165) is 12.1 Å². The molecule has 2 rings (SSSR count). The largest absolute Gasteiger partial charge is 0.357 e. The summed E-state index contributed by atoms with van der Waals surface area (Å²) in [5.41, 5.74) is 0.155. The SMILES string of the molecule is CNc1nc(C)c([N+](=O)[O-])c(Nc2cc(F)cc(Cl)c2)n1. The summed E-state index contributed by atoms with van der Waals surface area (Å²) in [7, 11) is 1.59. The van der Waals surface area contributed by atoms with Gasteiger partial charge in [0, 0.05) is 17.8 Å². The quantitative estimate of drug-likeness (QED) is 0.665. The molecule has 7 nitrogen and oxygen atoms in total. The van der Waals surface area contributed by atoms with Gasteiger partial charge in [-0.15, -0.1) is 0 Å². The van der Waals surface area contributed by atoms with Crippen molar-refractivity contribution in [2.45, 2.75) is 6.92 Å². The molecule has 0 amide bonds. The van der Waals surface area contributed by atoms with Crippen molar-refractivity contribution in [1.82, 2.24) is 9.97 Å². The minimum absolute atomic E-state index is 0.0430. The first kappa shape index (κ1) is 14.9. The zero-order chi connectivity index (χ0) is 15.6. The third-order valence-electron chi connectivity index (χ3n) is 2.59. The maximum atomic E-state index is 13.3. The van der Waals surface area contributed by atoms with E-state index in [9.17, 15) is 14.5 Å². The number of nitrogens with zero attached hydrogens (tertiary/aromatic N) is 3. The Morgan fingerprint density at radius 2 is 2.05 bits per heavy atom. The van der Waals surface area contributed by atoms with Gasteiger partial charge in [-0.25, -0.2) is 9.37 Å². The lowest BCUT2D eigenvalue weighted by molar-refractivity contribution is -0.385. The fourth-order valence-corrected chi connectivity index (χ4v) is 1.97. The molecule has 21 heavy (non-hydrogen) atoms. The Hall–Kier alpha value is -2.48. The number of hydrogen-bond acceptors (Lipinski definition) is 6. The van der Waals surface area contributed by atoms with Gasteiger partial charge in [0.15, 0.2) is 0 Å². The van der Waals surface area contributed by atoms with Crippen molar-refractivity contribution in [1.29, 1.82) is 0 Å². The second-order valence-electron chi connectivity index (χ2n) is 4.12. The van der Waals surface area contributed by atoms with Gasteiger partial charge in [-0.2, -0.15) is 4.98 Å². The lowest BCUT2D eigenvalue weighted by Crippen LogP contribution is -2.07. The van der Waals surface area contributed by atoms with Crippen LogP contribution in [0.1, 0.15) is 5.69 Å². The van der Waals surface area contributed by atoms with Crippen molar-refractivity contribution < 1.29 is 9.31 Å². The molecule has 0 unspecified atom stereocenters. The van der Waals surface area contributed by atoms with Gasteiger partial charge in [-0.1, -0.05) is 11.6 Å². The van der Waals surface area contributed by atoms with Gasteiger partial charge in [-0.05, 0) is 25.1 Å². The smallest absolute Gasteiger partial charge is 0.332 e. The average molecular weight is 312 g/mol. The van der Waals surface area contributed by atoms with Crippen LogP contribution in [0, 0.1) is 22.9 Å². The highest BCUT2D eigenvalue weighted by Gasteiger charge is 2.22. The maximum Gasteiger partial charge on any atom is 0.332 e. The standard InChI is InChI=1S/C12H11ClFN5O2/c1-6-10(19(20)21)11(18-12(15-2)16-6)17-9-4-7(13)3-8(14)5-9/h3-5H,1-2H3,(H2,15,16,17,18). The van der Waals surface area contributed by atoms with E-state index in [0.29, 0.717) is 0 Å². The predicted octanol–water partition coefficient (Wildman–Crippen LogP) is 3.27. The van der Waals surface area contributed by atoms with Crippen LogP contribution in [-0.4, -0.2) is 21.9 Å². The average Bonchev–Trinajstić information content (AvgIpc) is 2.36. The number of nitro groups is 1. The molecular formula is C12H11ClFN5O2. The Morgan fingerprint density at radius 3 is 2.62 bits per heavy atom. The third-order valence-corrected chi connectivity index (χ3v) is 2.81. The number of nitrogens with one attached hydrogen (secondary N) is 2. The van der Waals surface area contributed by atoms with Crippen LogP contribution in [0.25, 0.3) is 0 Å². The highest BCUT2D eigenvalue weighted by atomic mass is 35.5. The van der Waals surface area contributed by atoms with E-state index >= 15 is 0 Å².